The van der Waals surface area contributed by atoms with Crippen molar-refractivity contribution in [2.75, 3.05) is 23.3 Å². The topological polar surface area (TPSA) is 71.2 Å². The zero-order chi connectivity index (χ0) is 16.8. The summed E-state index contributed by atoms with van der Waals surface area (Å²) in [6, 6.07) is 13.0. The Bertz CT molecular complexity index is 661. The predicted octanol–water partition coefficient (Wildman–Crippen LogP) is 3.42. The minimum atomic E-state index is -0.587. The molecular weight excluding hydrogens is 371 g/mol. The summed E-state index contributed by atoms with van der Waals surface area (Å²) in [7, 11) is 0. The van der Waals surface area contributed by atoms with Gasteiger partial charge in [-0.2, -0.15) is 0 Å². The molecule has 2 aromatic rings. The molecule has 142 valence electrons. The number of carbonyl (C=O) groups excluding carboxylic acids is 1. The van der Waals surface area contributed by atoms with E-state index >= 15 is 0 Å². The fourth-order valence-electron chi connectivity index (χ4n) is 2.98. The molecule has 1 saturated heterocycles. The van der Waals surface area contributed by atoms with Crippen molar-refractivity contribution in [3.8, 4) is 0 Å². The van der Waals surface area contributed by atoms with Crippen LogP contribution in [0.1, 0.15) is 24.8 Å². The number of carbonyl (C=O) groups is 1. The molecule has 1 aromatic heterocycles. The molecule has 0 radical (unpaired) electrons. The van der Waals surface area contributed by atoms with E-state index in [9.17, 15) is 4.79 Å². The van der Waals surface area contributed by atoms with Gasteiger partial charge in [0.15, 0.2) is 0 Å². The van der Waals surface area contributed by atoms with Crippen molar-refractivity contribution in [3.63, 3.8) is 0 Å². The highest BCUT2D eigenvalue weighted by Gasteiger charge is 2.15. The number of aromatic nitrogens is 1. The molecule has 0 saturated carbocycles. The highest BCUT2D eigenvalue weighted by Crippen LogP contribution is 2.20. The number of anilines is 2. The SMILES string of the molecule is Cl.Cl.NC(Cc1ccccc1)C(=O)Nc1ccc(N2CCCCC2)cn1. The lowest BCUT2D eigenvalue weighted by molar-refractivity contribution is -0.117. The van der Waals surface area contributed by atoms with Gasteiger partial charge in [0.05, 0.1) is 17.9 Å². The lowest BCUT2D eigenvalue weighted by atomic mass is 10.1. The van der Waals surface area contributed by atoms with Gasteiger partial charge in [0.25, 0.3) is 0 Å². The molecule has 1 aliphatic rings. The van der Waals surface area contributed by atoms with Crippen molar-refractivity contribution in [3.05, 3.63) is 54.2 Å². The molecule has 2 heterocycles. The van der Waals surface area contributed by atoms with Crippen LogP contribution < -0.4 is 16.0 Å². The molecule has 26 heavy (non-hydrogen) atoms. The Balaban J connectivity index is 0.00000169. The molecule has 1 unspecified atom stereocenters. The first-order valence-corrected chi connectivity index (χ1v) is 8.54. The maximum absolute atomic E-state index is 12.2. The second-order valence-corrected chi connectivity index (χ2v) is 6.23. The van der Waals surface area contributed by atoms with Crippen LogP contribution in [-0.4, -0.2) is 30.0 Å². The molecule has 1 atom stereocenters. The van der Waals surface area contributed by atoms with Gasteiger partial charge in [-0.25, -0.2) is 4.98 Å². The Labute approximate surface area is 167 Å². The highest BCUT2D eigenvalue weighted by molar-refractivity contribution is 5.94. The van der Waals surface area contributed by atoms with Gasteiger partial charge < -0.3 is 16.0 Å². The smallest absolute Gasteiger partial charge is 0.242 e. The van der Waals surface area contributed by atoms with E-state index in [0.29, 0.717) is 12.2 Å². The van der Waals surface area contributed by atoms with Gasteiger partial charge in [-0.3, -0.25) is 4.79 Å². The second kappa shape index (κ2) is 11.0. The van der Waals surface area contributed by atoms with Crippen LogP contribution in [0.15, 0.2) is 48.7 Å². The third kappa shape index (κ3) is 6.16. The Morgan fingerprint density at radius 1 is 1.08 bits per heavy atom. The Morgan fingerprint density at radius 2 is 1.77 bits per heavy atom. The summed E-state index contributed by atoms with van der Waals surface area (Å²) in [4.78, 5) is 18.9. The minimum absolute atomic E-state index is 0. The summed E-state index contributed by atoms with van der Waals surface area (Å²) in [6.45, 7) is 2.16. The normalized spacial score (nSPS) is 14.6. The summed E-state index contributed by atoms with van der Waals surface area (Å²) >= 11 is 0. The van der Waals surface area contributed by atoms with Crippen LogP contribution >= 0.6 is 24.8 Å². The fourth-order valence-corrected chi connectivity index (χ4v) is 2.98. The summed E-state index contributed by atoms with van der Waals surface area (Å²) in [6.07, 6.45) is 6.10. The summed E-state index contributed by atoms with van der Waals surface area (Å²) < 4.78 is 0. The predicted molar refractivity (Wildman–Crippen MR) is 112 cm³/mol. The van der Waals surface area contributed by atoms with Crippen LogP contribution in [0.25, 0.3) is 0 Å². The number of nitrogens with two attached hydrogens (primary N) is 1. The maximum atomic E-state index is 12.2. The number of nitrogens with one attached hydrogen (secondary N) is 1. The van der Waals surface area contributed by atoms with Gasteiger partial charge in [0.2, 0.25) is 5.91 Å². The fraction of sp³-hybridized carbons (Fsp3) is 0.368. The largest absolute Gasteiger partial charge is 0.370 e. The monoisotopic (exact) mass is 396 g/mol. The quantitative estimate of drug-likeness (QED) is 0.811. The zero-order valence-electron chi connectivity index (χ0n) is 14.6. The Morgan fingerprint density at radius 3 is 2.38 bits per heavy atom. The summed E-state index contributed by atoms with van der Waals surface area (Å²) in [5.74, 6) is 0.335. The number of rotatable bonds is 5. The highest BCUT2D eigenvalue weighted by atomic mass is 35.5. The number of hydrogen-bond donors (Lipinski definition) is 2. The van der Waals surface area contributed by atoms with Gasteiger partial charge in [-0.15, -0.1) is 24.8 Å². The molecule has 7 heteroatoms. The third-order valence-corrected chi connectivity index (χ3v) is 4.36. The van der Waals surface area contributed by atoms with Crippen LogP contribution in [0.5, 0.6) is 0 Å². The van der Waals surface area contributed by atoms with Crippen LogP contribution in [-0.2, 0) is 11.2 Å². The molecule has 1 aliphatic heterocycles. The number of benzene rings is 1. The number of piperidine rings is 1. The number of halogens is 2. The van der Waals surface area contributed by atoms with Crippen molar-refractivity contribution in [2.24, 2.45) is 5.73 Å². The molecule has 0 aliphatic carbocycles. The second-order valence-electron chi connectivity index (χ2n) is 6.23. The molecule has 3 N–H and O–H groups in total. The molecule has 0 bridgehead atoms. The van der Waals surface area contributed by atoms with Crippen molar-refractivity contribution >= 4 is 42.2 Å². The maximum Gasteiger partial charge on any atom is 0.242 e. The van der Waals surface area contributed by atoms with E-state index in [1.807, 2.05) is 48.7 Å². The number of hydrogen-bond acceptors (Lipinski definition) is 4. The average molecular weight is 397 g/mol. The van der Waals surface area contributed by atoms with Crippen LogP contribution in [0.4, 0.5) is 11.5 Å². The van der Waals surface area contributed by atoms with Crippen molar-refractivity contribution in [2.45, 2.75) is 31.7 Å². The van der Waals surface area contributed by atoms with Gasteiger partial charge in [0.1, 0.15) is 5.82 Å². The van der Waals surface area contributed by atoms with E-state index in [1.54, 1.807) is 0 Å². The van der Waals surface area contributed by atoms with Crippen LogP contribution in [0.2, 0.25) is 0 Å². The molecule has 0 spiro atoms. The first-order chi connectivity index (χ1) is 11.7. The van der Waals surface area contributed by atoms with E-state index in [4.69, 9.17) is 5.73 Å². The van der Waals surface area contributed by atoms with Gasteiger partial charge in [-0.05, 0) is 43.4 Å². The minimum Gasteiger partial charge on any atom is -0.370 e. The Kier molecular flexibility index (Phi) is 9.41. The molecule has 1 fully saturated rings. The van der Waals surface area contributed by atoms with Gasteiger partial charge >= 0.3 is 0 Å². The Hall–Kier alpha value is -1.82. The molecule has 5 nitrogen and oxygen atoms in total. The molecule has 3 rings (SSSR count). The summed E-state index contributed by atoms with van der Waals surface area (Å²) in [5.41, 5.74) is 8.16. The van der Waals surface area contributed by atoms with E-state index in [2.05, 4.69) is 15.2 Å². The lowest BCUT2D eigenvalue weighted by Crippen LogP contribution is -2.37. The number of pyridine rings is 1. The van der Waals surface area contributed by atoms with Gasteiger partial charge in [0, 0.05) is 13.1 Å². The van der Waals surface area contributed by atoms with E-state index in [1.165, 1.54) is 19.3 Å². The standard InChI is InChI=1S/C19H24N4O.2ClH/c20-17(13-15-7-3-1-4-8-15)19(24)22-18-10-9-16(14-21-18)23-11-5-2-6-12-23;;/h1,3-4,7-10,14,17H,2,5-6,11-13,20H2,(H,21,22,24);2*1H. The molecule has 1 aromatic carbocycles. The van der Waals surface area contributed by atoms with Crippen LogP contribution in [0, 0.1) is 0 Å². The van der Waals surface area contributed by atoms with E-state index in [-0.39, 0.29) is 30.7 Å². The lowest BCUT2D eigenvalue weighted by Gasteiger charge is -2.28. The number of amides is 1. The molecule has 1 amide bonds. The van der Waals surface area contributed by atoms with E-state index in [0.717, 1.165) is 24.3 Å². The van der Waals surface area contributed by atoms with Gasteiger partial charge in [-0.1, -0.05) is 30.3 Å². The molecular formula is C19H26Cl2N4O. The number of nitrogens with zero attached hydrogens (tertiary/aromatic N) is 2. The zero-order valence-corrected chi connectivity index (χ0v) is 16.3. The average Bonchev–Trinajstić information content (AvgIpc) is 2.64. The third-order valence-electron chi connectivity index (χ3n) is 4.36. The van der Waals surface area contributed by atoms with Crippen molar-refractivity contribution in [1.82, 2.24) is 4.98 Å². The van der Waals surface area contributed by atoms with E-state index < -0.39 is 6.04 Å². The van der Waals surface area contributed by atoms with Crippen molar-refractivity contribution in [1.29, 1.82) is 0 Å². The summed E-state index contributed by atoms with van der Waals surface area (Å²) in [5, 5.41) is 2.80. The first kappa shape index (κ1) is 22.2. The first-order valence-electron chi connectivity index (χ1n) is 8.54. The van der Waals surface area contributed by atoms with Crippen molar-refractivity contribution < 1.29 is 4.79 Å². The van der Waals surface area contributed by atoms with Crippen LogP contribution in [0.3, 0.4) is 0 Å².